The lowest BCUT2D eigenvalue weighted by molar-refractivity contribution is 1.14. The van der Waals surface area contributed by atoms with E-state index in [-0.39, 0.29) is 0 Å². The van der Waals surface area contributed by atoms with Gasteiger partial charge in [0.25, 0.3) is 0 Å². The van der Waals surface area contributed by atoms with Crippen LogP contribution in [0.25, 0.3) is 6.08 Å². The molecule has 1 N–H and O–H groups in total. The Morgan fingerprint density at radius 3 is 2.61 bits per heavy atom. The Kier molecular flexibility index (Phi) is 4.60. The highest BCUT2D eigenvalue weighted by atomic mass is 14.8. The van der Waals surface area contributed by atoms with Gasteiger partial charge in [-0.2, -0.15) is 0 Å². The van der Waals surface area contributed by atoms with Crippen molar-refractivity contribution in [3.63, 3.8) is 0 Å². The summed E-state index contributed by atoms with van der Waals surface area (Å²) in [6, 6.07) is 18.9. The maximum absolute atomic E-state index is 3.40. The van der Waals surface area contributed by atoms with Crippen LogP contribution in [-0.2, 0) is 6.42 Å². The number of nitrogens with one attached hydrogen (secondary N) is 1. The highest BCUT2D eigenvalue weighted by Gasteiger charge is 1.91. The van der Waals surface area contributed by atoms with E-state index < -0.39 is 0 Å². The van der Waals surface area contributed by atoms with Gasteiger partial charge in [0.15, 0.2) is 0 Å². The van der Waals surface area contributed by atoms with Crippen LogP contribution in [-0.4, -0.2) is 6.54 Å². The van der Waals surface area contributed by atoms with E-state index in [1.54, 1.807) is 0 Å². The molecule has 1 heteroatoms. The van der Waals surface area contributed by atoms with E-state index in [1.165, 1.54) is 16.8 Å². The van der Waals surface area contributed by atoms with Crippen molar-refractivity contribution in [1.29, 1.82) is 0 Å². The molecule has 2 aromatic carbocycles. The first-order valence-corrected chi connectivity index (χ1v) is 6.43. The molecule has 0 radical (unpaired) electrons. The van der Waals surface area contributed by atoms with E-state index in [2.05, 4.69) is 72.9 Å². The van der Waals surface area contributed by atoms with Crippen molar-refractivity contribution < 1.29 is 0 Å². The van der Waals surface area contributed by atoms with E-state index in [0.717, 1.165) is 13.0 Å². The summed E-state index contributed by atoms with van der Waals surface area (Å²) in [5, 5.41) is 3.40. The summed E-state index contributed by atoms with van der Waals surface area (Å²) in [6.07, 6.45) is 5.36. The van der Waals surface area contributed by atoms with E-state index in [1.807, 2.05) is 6.07 Å². The van der Waals surface area contributed by atoms with Crippen LogP contribution in [0.3, 0.4) is 0 Å². The summed E-state index contributed by atoms with van der Waals surface area (Å²) >= 11 is 0. The summed E-state index contributed by atoms with van der Waals surface area (Å²) < 4.78 is 0. The molecule has 92 valence electrons. The zero-order valence-electron chi connectivity index (χ0n) is 10.8. The van der Waals surface area contributed by atoms with Gasteiger partial charge in [0, 0.05) is 12.2 Å². The van der Waals surface area contributed by atoms with Gasteiger partial charge in [-0.25, -0.2) is 0 Å². The number of rotatable bonds is 5. The highest BCUT2D eigenvalue weighted by molar-refractivity contribution is 5.51. The first-order valence-electron chi connectivity index (χ1n) is 6.43. The van der Waals surface area contributed by atoms with Crippen molar-refractivity contribution in [3.05, 3.63) is 71.8 Å². The molecule has 0 saturated carbocycles. The number of hydrogen-bond acceptors (Lipinski definition) is 1. The third-order valence-corrected chi connectivity index (χ3v) is 2.87. The lowest BCUT2D eigenvalue weighted by Gasteiger charge is -2.05. The second-order valence-electron chi connectivity index (χ2n) is 4.25. The van der Waals surface area contributed by atoms with Crippen LogP contribution in [0.5, 0.6) is 0 Å². The minimum Gasteiger partial charge on any atom is -0.382 e. The topological polar surface area (TPSA) is 12.0 Å². The molecule has 0 heterocycles. The molecule has 0 aliphatic carbocycles. The predicted molar refractivity (Wildman–Crippen MR) is 79.8 cm³/mol. The van der Waals surface area contributed by atoms with Crippen LogP contribution in [0.15, 0.2) is 60.7 Å². The fourth-order valence-electron chi connectivity index (χ4n) is 1.84. The molecule has 0 aliphatic rings. The van der Waals surface area contributed by atoms with E-state index in [9.17, 15) is 0 Å². The number of hydrogen-bond donors (Lipinski definition) is 1. The van der Waals surface area contributed by atoms with Gasteiger partial charge in [-0.3, -0.25) is 0 Å². The molecule has 0 atom stereocenters. The SMILES string of the molecule is CCc1cccc(NC/C=C/c2ccccc2)c1. The molecule has 0 spiro atoms. The average molecular weight is 237 g/mol. The van der Waals surface area contributed by atoms with Gasteiger partial charge in [-0.05, 0) is 29.7 Å². The van der Waals surface area contributed by atoms with Gasteiger partial charge < -0.3 is 5.32 Å². The minimum absolute atomic E-state index is 0.849. The largest absolute Gasteiger partial charge is 0.382 e. The summed E-state index contributed by atoms with van der Waals surface area (Å²) in [4.78, 5) is 0. The number of aryl methyl sites for hydroxylation is 1. The van der Waals surface area contributed by atoms with E-state index in [4.69, 9.17) is 0 Å². The predicted octanol–water partition coefficient (Wildman–Crippen LogP) is 4.37. The normalized spacial score (nSPS) is 10.7. The molecule has 18 heavy (non-hydrogen) atoms. The monoisotopic (exact) mass is 237 g/mol. The fraction of sp³-hybridized carbons (Fsp3) is 0.176. The van der Waals surface area contributed by atoms with Gasteiger partial charge >= 0.3 is 0 Å². The molecular formula is C17H19N. The zero-order chi connectivity index (χ0) is 12.6. The number of anilines is 1. The van der Waals surface area contributed by atoms with Crippen molar-refractivity contribution >= 4 is 11.8 Å². The quantitative estimate of drug-likeness (QED) is 0.814. The van der Waals surface area contributed by atoms with Gasteiger partial charge in [0.05, 0.1) is 0 Å². The Labute approximate surface area is 109 Å². The smallest absolute Gasteiger partial charge is 0.0345 e. The lowest BCUT2D eigenvalue weighted by Crippen LogP contribution is -1.98. The van der Waals surface area contributed by atoms with Crippen molar-refractivity contribution in [1.82, 2.24) is 0 Å². The van der Waals surface area contributed by atoms with Crippen molar-refractivity contribution in [2.24, 2.45) is 0 Å². The molecule has 2 rings (SSSR count). The molecule has 0 saturated heterocycles. The number of benzene rings is 2. The van der Waals surface area contributed by atoms with Gasteiger partial charge in [0.2, 0.25) is 0 Å². The second kappa shape index (κ2) is 6.65. The van der Waals surface area contributed by atoms with Crippen molar-refractivity contribution in [3.8, 4) is 0 Å². The maximum atomic E-state index is 3.40. The Morgan fingerprint density at radius 1 is 1.00 bits per heavy atom. The van der Waals surface area contributed by atoms with Gasteiger partial charge in [-0.1, -0.05) is 61.5 Å². The first-order chi connectivity index (χ1) is 8.88. The Hall–Kier alpha value is -2.02. The summed E-state index contributed by atoms with van der Waals surface area (Å²) in [6.45, 7) is 3.02. The molecular weight excluding hydrogens is 218 g/mol. The van der Waals surface area contributed by atoms with Crippen LogP contribution < -0.4 is 5.32 Å². The standard InChI is InChI=1S/C17H19N/c1-2-15-10-6-12-17(14-15)18-13-7-11-16-8-4-3-5-9-16/h3-12,14,18H,2,13H2,1H3/b11-7+. The van der Waals surface area contributed by atoms with Crippen LogP contribution >= 0.6 is 0 Å². The second-order valence-corrected chi connectivity index (χ2v) is 4.25. The van der Waals surface area contributed by atoms with Gasteiger partial charge in [-0.15, -0.1) is 0 Å². The summed E-state index contributed by atoms with van der Waals surface area (Å²) in [5.41, 5.74) is 3.79. The molecule has 0 aliphatic heterocycles. The molecule has 0 fully saturated rings. The third kappa shape index (κ3) is 3.77. The minimum atomic E-state index is 0.849. The third-order valence-electron chi connectivity index (χ3n) is 2.87. The summed E-state index contributed by atoms with van der Waals surface area (Å²) in [7, 11) is 0. The highest BCUT2D eigenvalue weighted by Crippen LogP contribution is 2.10. The fourth-order valence-corrected chi connectivity index (χ4v) is 1.84. The van der Waals surface area contributed by atoms with Crippen LogP contribution in [0.4, 0.5) is 5.69 Å². The first kappa shape index (κ1) is 12.4. The van der Waals surface area contributed by atoms with Crippen molar-refractivity contribution in [2.45, 2.75) is 13.3 Å². The Morgan fingerprint density at radius 2 is 1.83 bits per heavy atom. The molecule has 0 aromatic heterocycles. The Bertz CT molecular complexity index is 500. The average Bonchev–Trinajstić information content (AvgIpc) is 2.45. The molecule has 0 unspecified atom stereocenters. The zero-order valence-corrected chi connectivity index (χ0v) is 10.8. The summed E-state index contributed by atoms with van der Waals surface area (Å²) in [5.74, 6) is 0. The van der Waals surface area contributed by atoms with E-state index >= 15 is 0 Å². The van der Waals surface area contributed by atoms with Crippen LogP contribution in [0.2, 0.25) is 0 Å². The maximum Gasteiger partial charge on any atom is 0.0345 e. The molecule has 0 bridgehead atoms. The van der Waals surface area contributed by atoms with Crippen molar-refractivity contribution in [2.75, 3.05) is 11.9 Å². The van der Waals surface area contributed by atoms with Gasteiger partial charge in [0.1, 0.15) is 0 Å². The lowest BCUT2D eigenvalue weighted by atomic mass is 10.1. The molecule has 0 amide bonds. The van der Waals surface area contributed by atoms with Crippen LogP contribution in [0.1, 0.15) is 18.1 Å². The van der Waals surface area contributed by atoms with Crippen LogP contribution in [0, 0.1) is 0 Å². The molecule has 1 nitrogen and oxygen atoms in total. The molecule has 2 aromatic rings. The Balaban J connectivity index is 1.86. The van der Waals surface area contributed by atoms with E-state index in [0.29, 0.717) is 0 Å².